The predicted molar refractivity (Wildman–Crippen MR) is 136 cm³/mol. The molecule has 4 atom stereocenters. The van der Waals surface area contributed by atoms with Crippen molar-refractivity contribution in [1.82, 2.24) is 9.13 Å². The second kappa shape index (κ2) is 10.4. The molecule has 0 radical (unpaired) electrons. The van der Waals surface area contributed by atoms with E-state index in [4.69, 9.17) is 18.9 Å². The number of rotatable bonds is 12. The Morgan fingerprint density at radius 3 is 1.44 bits per heavy atom. The van der Waals surface area contributed by atoms with Crippen LogP contribution in [-0.2, 0) is 32.0 Å². The summed E-state index contributed by atoms with van der Waals surface area (Å²) in [7, 11) is 0. The summed E-state index contributed by atoms with van der Waals surface area (Å²) >= 11 is 0. The standard InChI is InChI=1S/C29H30N2O5/c32-29-30(15-27(35-19-23-17-33-23)21-9-3-1-4-10-21)25-13-7-8-14-26(25)31(29)16-28(36-20-24-18-34-24)22-11-5-2-6-12-22/h1-14,23-24,27-28H,15-20H2. The predicted octanol–water partition coefficient (Wildman–Crippen LogP) is 4.12. The van der Waals surface area contributed by atoms with E-state index < -0.39 is 0 Å². The average Bonchev–Trinajstić information content (AvgIpc) is 3.86. The van der Waals surface area contributed by atoms with Gasteiger partial charge in [-0.1, -0.05) is 72.8 Å². The molecule has 7 nitrogen and oxygen atoms in total. The molecule has 2 aliphatic rings. The molecule has 1 aromatic heterocycles. The average molecular weight is 487 g/mol. The molecule has 2 aliphatic heterocycles. The van der Waals surface area contributed by atoms with Gasteiger partial charge in [0.25, 0.3) is 0 Å². The molecule has 0 bridgehead atoms. The fraction of sp³-hybridized carbons (Fsp3) is 0.345. The van der Waals surface area contributed by atoms with Gasteiger partial charge in [0.2, 0.25) is 0 Å². The van der Waals surface area contributed by atoms with Crippen molar-refractivity contribution in [2.24, 2.45) is 0 Å². The second-order valence-corrected chi connectivity index (χ2v) is 9.37. The first-order valence-electron chi connectivity index (χ1n) is 12.5. The lowest BCUT2D eigenvalue weighted by molar-refractivity contribution is 0.0276. The van der Waals surface area contributed by atoms with Crippen LogP contribution in [0.3, 0.4) is 0 Å². The molecule has 7 heteroatoms. The minimum atomic E-state index is -0.263. The lowest BCUT2D eigenvalue weighted by atomic mass is 10.1. The molecule has 3 aromatic carbocycles. The highest BCUT2D eigenvalue weighted by atomic mass is 16.6. The van der Waals surface area contributed by atoms with Crippen LogP contribution in [0.15, 0.2) is 89.7 Å². The van der Waals surface area contributed by atoms with Crippen LogP contribution in [0.25, 0.3) is 11.0 Å². The van der Waals surface area contributed by atoms with Crippen molar-refractivity contribution >= 4 is 11.0 Å². The summed E-state index contributed by atoms with van der Waals surface area (Å²) in [5, 5.41) is 0. The summed E-state index contributed by atoms with van der Waals surface area (Å²) in [5.74, 6) is 0. The number of imidazole rings is 1. The number of nitrogens with zero attached hydrogens (tertiary/aromatic N) is 2. The largest absolute Gasteiger partial charge is 0.371 e. The molecule has 4 unspecified atom stereocenters. The van der Waals surface area contributed by atoms with E-state index in [0.29, 0.717) is 26.3 Å². The molecule has 0 saturated carbocycles. The highest BCUT2D eigenvalue weighted by Gasteiger charge is 2.28. The number of aromatic nitrogens is 2. The van der Waals surface area contributed by atoms with Gasteiger partial charge in [-0.05, 0) is 23.3 Å². The molecule has 0 aliphatic carbocycles. The fourth-order valence-electron chi connectivity index (χ4n) is 4.58. The van der Waals surface area contributed by atoms with Crippen molar-refractivity contribution in [2.75, 3.05) is 26.4 Å². The maximum atomic E-state index is 13.9. The van der Waals surface area contributed by atoms with Crippen molar-refractivity contribution in [3.8, 4) is 0 Å². The van der Waals surface area contributed by atoms with Crippen LogP contribution in [0.5, 0.6) is 0 Å². The summed E-state index contributed by atoms with van der Waals surface area (Å²) in [6, 6.07) is 28.1. The smallest absolute Gasteiger partial charge is 0.329 e. The Bertz CT molecular complexity index is 1240. The third kappa shape index (κ3) is 5.29. The van der Waals surface area contributed by atoms with Crippen molar-refractivity contribution in [1.29, 1.82) is 0 Å². The van der Waals surface area contributed by atoms with Gasteiger partial charge in [-0.2, -0.15) is 0 Å². The summed E-state index contributed by atoms with van der Waals surface area (Å²) < 4.78 is 26.9. The summed E-state index contributed by atoms with van der Waals surface area (Å²) in [4.78, 5) is 13.9. The number of para-hydroxylation sites is 2. The summed E-state index contributed by atoms with van der Waals surface area (Å²) in [5.41, 5.74) is 3.77. The van der Waals surface area contributed by atoms with E-state index >= 15 is 0 Å². The lowest BCUT2D eigenvalue weighted by Crippen LogP contribution is -2.29. The lowest BCUT2D eigenvalue weighted by Gasteiger charge is -2.19. The van der Waals surface area contributed by atoms with E-state index in [2.05, 4.69) is 0 Å². The third-order valence-corrected chi connectivity index (χ3v) is 6.74. The molecular weight excluding hydrogens is 456 g/mol. The number of hydrogen-bond donors (Lipinski definition) is 0. The van der Waals surface area contributed by atoms with Crippen LogP contribution in [0, 0.1) is 0 Å². The Morgan fingerprint density at radius 2 is 1.06 bits per heavy atom. The quantitative estimate of drug-likeness (QED) is 0.282. The third-order valence-electron chi connectivity index (χ3n) is 6.74. The fourth-order valence-corrected chi connectivity index (χ4v) is 4.58. The highest BCUT2D eigenvalue weighted by molar-refractivity contribution is 5.76. The Kier molecular flexibility index (Phi) is 6.70. The van der Waals surface area contributed by atoms with Gasteiger partial charge in [-0.3, -0.25) is 9.13 Å². The SMILES string of the molecule is O=c1n(CC(OCC2CO2)c2ccccc2)c2ccccc2n1CC(OCC1CO1)c1ccccc1. The molecule has 6 rings (SSSR count). The number of benzene rings is 3. The maximum Gasteiger partial charge on any atom is 0.329 e. The Labute approximate surface area is 209 Å². The zero-order chi connectivity index (χ0) is 24.3. The Hall–Kier alpha value is -3.23. The van der Waals surface area contributed by atoms with Crippen LogP contribution < -0.4 is 5.69 Å². The zero-order valence-electron chi connectivity index (χ0n) is 20.1. The molecule has 3 heterocycles. The second-order valence-electron chi connectivity index (χ2n) is 9.37. The monoisotopic (exact) mass is 486 g/mol. The zero-order valence-corrected chi connectivity index (χ0v) is 20.1. The summed E-state index contributed by atoms with van der Waals surface area (Å²) in [6.07, 6.45) is -0.233. The van der Waals surface area contributed by atoms with Gasteiger partial charge in [-0.15, -0.1) is 0 Å². The van der Waals surface area contributed by atoms with Gasteiger partial charge in [0.1, 0.15) is 24.4 Å². The number of ether oxygens (including phenoxy) is 4. The molecule has 0 amide bonds. The molecule has 0 spiro atoms. The topological polar surface area (TPSA) is 70.5 Å². The van der Waals surface area contributed by atoms with Crippen molar-refractivity contribution in [3.05, 3.63) is 107 Å². The van der Waals surface area contributed by atoms with E-state index in [1.807, 2.05) is 94.1 Å². The van der Waals surface area contributed by atoms with Crippen molar-refractivity contribution in [2.45, 2.75) is 37.5 Å². The first kappa shape index (κ1) is 23.2. The molecule has 4 aromatic rings. The van der Waals surface area contributed by atoms with Crippen molar-refractivity contribution < 1.29 is 18.9 Å². The van der Waals surface area contributed by atoms with Crippen LogP contribution >= 0.6 is 0 Å². The number of epoxide rings is 2. The van der Waals surface area contributed by atoms with Gasteiger partial charge >= 0.3 is 5.69 Å². The first-order valence-corrected chi connectivity index (χ1v) is 12.5. The molecule has 2 saturated heterocycles. The van der Waals surface area contributed by atoms with E-state index in [1.54, 1.807) is 0 Å². The van der Waals surface area contributed by atoms with Gasteiger partial charge in [0, 0.05) is 0 Å². The van der Waals surface area contributed by atoms with E-state index in [-0.39, 0.29) is 30.1 Å². The molecule has 186 valence electrons. The van der Waals surface area contributed by atoms with Gasteiger partial charge in [0.15, 0.2) is 0 Å². The Morgan fingerprint density at radius 1 is 0.667 bits per heavy atom. The number of fused-ring (bicyclic) bond motifs is 1. The Balaban J connectivity index is 1.33. The molecule has 0 N–H and O–H groups in total. The van der Waals surface area contributed by atoms with E-state index in [1.165, 1.54) is 0 Å². The number of hydrogen-bond acceptors (Lipinski definition) is 5. The van der Waals surface area contributed by atoms with Crippen LogP contribution in [0.4, 0.5) is 0 Å². The molecule has 2 fully saturated rings. The van der Waals surface area contributed by atoms with Gasteiger partial charge in [0.05, 0.1) is 50.6 Å². The molecular formula is C29H30N2O5. The van der Waals surface area contributed by atoms with Gasteiger partial charge in [-0.25, -0.2) is 4.79 Å². The van der Waals surface area contributed by atoms with E-state index in [9.17, 15) is 4.79 Å². The van der Waals surface area contributed by atoms with Crippen LogP contribution in [0.1, 0.15) is 23.3 Å². The van der Waals surface area contributed by atoms with Crippen LogP contribution in [-0.4, -0.2) is 47.8 Å². The highest BCUT2D eigenvalue weighted by Crippen LogP contribution is 2.26. The van der Waals surface area contributed by atoms with E-state index in [0.717, 1.165) is 35.4 Å². The minimum Gasteiger partial charge on any atom is -0.371 e. The summed E-state index contributed by atoms with van der Waals surface area (Å²) in [6.45, 7) is 3.31. The maximum absolute atomic E-state index is 13.9. The molecule has 36 heavy (non-hydrogen) atoms. The first-order chi connectivity index (χ1) is 17.8. The normalized spacial score (nSPS) is 20.3. The van der Waals surface area contributed by atoms with Crippen LogP contribution in [0.2, 0.25) is 0 Å². The van der Waals surface area contributed by atoms with Crippen molar-refractivity contribution in [3.63, 3.8) is 0 Å². The minimum absolute atomic E-state index is 0.0735. The van der Waals surface area contributed by atoms with Gasteiger partial charge < -0.3 is 18.9 Å².